The van der Waals surface area contributed by atoms with E-state index in [1.165, 1.54) is 13.2 Å². The van der Waals surface area contributed by atoms with Gasteiger partial charge in [-0.3, -0.25) is 0 Å². The smallest absolute Gasteiger partial charge is 0.339 e. The first-order valence-electron chi connectivity index (χ1n) is 3.77. The molecule has 0 unspecified atom stereocenters. The first kappa shape index (κ1) is 11.3. The maximum Gasteiger partial charge on any atom is 0.339 e. The fourth-order valence-corrected chi connectivity index (χ4v) is 1.82. The Morgan fingerprint density at radius 1 is 1.57 bits per heavy atom. The highest BCUT2D eigenvalue weighted by atomic mass is 35.7. The molecule has 0 N–H and O–H groups in total. The van der Waals surface area contributed by atoms with Crippen molar-refractivity contribution in [3.8, 4) is 0 Å². The Hall–Kier alpha value is -0.740. The third kappa shape index (κ3) is 2.19. The van der Waals surface area contributed by atoms with Crippen LogP contribution < -0.4 is 0 Å². The summed E-state index contributed by atoms with van der Waals surface area (Å²) in [6, 6.07) is 2.64. The van der Waals surface area contributed by atoms with Crippen molar-refractivity contribution >= 4 is 27.6 Å². The number of esters is 1. The van der Waals surface area contributed by atoms with Gasteiger partial charge < -0.3 is 4.74 Å². The number of hydrogen-bond donors (Lipinski definition) is 0. The van der Waals surface area contributed by atoms with E-state index in [0.29, 0.717) is 10.5 Å². The number of carbonyl (C=O) groups excluding carboxylic acids is 1. The highest BCUT2D eigenvalue weighted by Gasteiger charge is 2.14. The largest absolute Gasteiger partial charge is 0.465 e. The molecule has 0 bridgehead atoms. The second kappa shape index (κ2) is 4.66. The average Bonchev–Trinajstić information content (AvgIpc) is 2.20. The van der Waals surface area contributed by atoms with E-state index in [1.807, 2.05) is 0 Å². The van der Waals surface area contributed by atoms with Gasteiger partial charge in [-0.25, -0.2) is 9.18 Å². The van der Waals surface area contributed by atoms with Gasteiger partial charge in [0.05, 0.1) is 12.7 Å². The van der Waals surface area contributed by atoms with Crippen LogP contribution in [0.4, 0.5) is 4.39 Å². The zero-order chi connectivity index (χ0) is 10.7. The molecule has 2 nitrogen and oxygen atoms in total. The molecule has 0 aromatic heterocycles. The van der Waals surface area contributed by atoms with E-state index in [2.05, 4.69) is 4.74 Å². The summed E-state index contributed by atoms with van der Waals surface area (Å²) in [4.78, 5) is 11.7. The molecule has 0 aliphatic heterocycles. The first-order valence-corrected chi connectivity index (χ1v) is 5.41. The Morgan fingerprint density at radius 2 is 2.21 bits per heavy atom. The van der Waals surface area contributed by atoms with E-state index in [-0.39, 0.29) is 5.56 Å². The van der Waals surface area contributed by atoms with Crippen molar-refractivity contribution in [3.63, 3.8) is 0 Å². The number of hydrogen-bond acceptors (Lipinski definition) is 3. The van der Waals surface area contributed by atoms with Gasteiger partial charge in [0.2, 0.25) is 0 Å². The Kier molecular flexibility index (Phi) is 3.77. The molecule has 0 saturated heterocycles. The normalized spacial score (nSPS) is 10.0. The van der Waals surface area contributed by atoms with Crippen molar-refractivity contribution in [1.29, 1.82) is 0 Å². The number of halogens is 2. The van der Waals surface area contributed by atoms with Crippen LogP contribution in [-0.4, -0.2) is 13.1 Å². The topological polar surface area (TPSA) is 26.3 Å². The van der Waals surface area contributed by atoms with Gasteiger partial charge in [0.1, 0.15) is 5.82 Å². The predicted octanol–water partition coefficient (Wildman–Crippen LogP) is 3.17. The minimum absolute atomic E-state index is 0.149. The second-order valence-electron chi connectivity index (χ2n) is 2.67. The summed E-state index contributed by atoms with van der Waals surface area (Å²) in [5.74, 6) is -1.04. The van der Waals surface area contributed by atoms with Crippen molar-refractivity contribution < 1.29 is 13.9 Å². The number of ether oxygens (including phenoxy) is 1. The Morgan fingerprint density at radius 3 is 2.71 bits per heavy atom. The summed E-state index contributed by atoms with van der Waals surface area (Å²) >= 11 is 0. The van der Waals surface area contributed by atoms with Gasteiger partial charge in [0.25, 0.3) is 0 Å². The molecule has 1 rings (SSSR count). The molecule has 0 aliphatic carbocycles. The molecule has 1 aromatic rings. The van der Waals surface area contributed by atoms with E-state index in [1.54, 1.807) is 6.92 Å². The molecule has 0 aliphatic rings. The van der Waals surface area contributed by atoms with Crippen LogP contribution in [0.3, 0.4) is 0 Å². The lowest BCUT2D eigenvalue weighted by atomic mass is 10.1. The molecule has 0 atom stereocenters. The fourth-order valence-electron chi connectivity index (χ4n) is 0.988. The molecule has 0 spiro atoms. The lowest BCUT2D eigenvalue weighted by Gasteiger charge is -2.06. The maximum atomic E-state index is 13.1. The number of benzene rings is 1. The SMILES string of the molecule is COC(=O)c1cc(F)c(C)cc1SCl. The number of methoxy groups -OCH3 is 1. The minimum atomic E-state index is -0.591. The van der Waals surface area contributed by atoms with Gasteiger partial charge in [-0.15, -0.1) is 0 Å². The summed E-state index contributed by atoms with van der Waals surface area (Å²) < 4.78 is 17.6. The summed E-state index contributed by atoms with van der Waals surface area (Å²) in [7, 11) is 7.65. The molecule has 0 amide bonds. The van der Waals surface area contributed by atoms with E-state index in [0.717, 1.165) is 17.0 Å². The van der Waals surface area contributed by atoms with Crippen LogP contribution in [0.15, 0.2) is 17.0 Å². The highest BCUT2D eigenvalue weighted by molar-refractivity contribution is 8.21. The van der Waals surface area contributed by atoms with Gasteiger partial charge >= 0.3 is 5.97 Å². The lowest BCUT2D eigenvalue weighted by Crippen LogP contribution is -2.04. The van der Waals surface area contributed by atoms with E-state index >= 15 is 0 Å². The van der Waals surface area contributed by atoms with Crippen LogP contribution in [-0.2, 0) is 4.74 Å². The number of carbonyl (C=O) groups is 1. The van der Waals surface area contributed by atoms with Crippen LogP contribution in [0.25, 0.3) is 0 Å². The van der Waals surface area contributed by atoms with Crippen LogP contribution in [0.2, 0.25) is 0 Å². The average molecular weight is 235 g/mol. The van der Waals surface area contributed by atoms with Crippen molar-refractivity contribution in [3.05, 3.63) is 29.1 Å². The van der Waals surface area contributed by atoms with Crippen molar-refractivity contribution in [2.24, 2.45) is 0 Å². The summed E-state index contributed by atoms with van der Waals surface area (Å²) in [5, 5.41) is 0. The molecular weight excluding hydrogens is 227 g/mol. The van der Waals surface area contributed by atoms with Crippen LogP contribution in [0.5, 0.6) is 0 Å². The molecule has 1 aromatic carbocycles. The summed E-state index contributed by atoms with van der Waals surface area (Å²) in [5.41, 5.74) is 0.594. The molecule has 0 radical (unpaired) electrons. The van der Waals surface area contributed by atoms with Gasteiger partial charge in [-0.1, -0.05) is 0 Å². The zero-order valence-corrected chi connectivity index (χ0v) is 9.21. The molecule has 5 heteroatoms. The second-order valence-corrected chi connectivity index (χ2v) is 3.72. The van der Waals surface area contributed by atoms with Gasteiger partial charge in [0.15, 0.2) is 0 Å². The monoisotopic (exact) mass is 234 g/mol. The number of rotatable bonds is 2. The van der Waals surface area contributed by atoms with E-state index in [9.17, 15) is 9.18 Å². The zero-order valence-electron chi connectivity index (χ0n) is 7.64. The Labute approximate surface area is 89.9 Å². The summed E-state index contributed by atoms with van der Waals surface area (Å²) in [6.45, 7) is 1.60. The molecule has 0 heterocycles. The minimum Gasteiger partial charge on any atom is -0.465 e. The lowest BCUT2D eigenvalue weighted by molar-refractivity contribution is 0.0596. The predicted molar refractivity (Wildman–Crippen MR) is 54.2 cm³/mol. The van der Waals surface area contributed by atoms with Crippen molar-refractivity contribution in [1.82, 2.24) is 0 Å². The standard InChI is InChI=1S/C9H8ClFO2S/c1-5-3-8(14-10)6(4-7(5)11)9(12)13-2/h3-4H,1-2H3. The van der Waals surface area contributed by atoms with Crippen LogP contribution in [0, 0.1) is 12.7 Å². The van der Waals surface area contributed by atoms with Crippen LogP contribution >= 0.6 is 21.7 Å². The Bertz CT molecular complexity index is 368. The van der Waals surface area contributed by atoms with Gasteiger partial charge in [0, 0.05) is 4.90 Å². The van der Waals surface area contributed by atoms with Crippen molar-refractivity contribution in [2.75, 3.05) is 7.11 Å². The molecule has 76 valence electrons. The van der Waals surface area contributed by atoms with Gasteiger partial charge in [-0.2, -0.15) is 0 Å². The third-order valence-electron chi connectivity index (χ3n) is 1.75. The highest BCUT2D eigenvalue weighted by Crippen LogP contribution is 2.28. The van der Waals surface area contributed by atoms with Gasteiger partial charge in [-0.05, 0) is 46.3 Å². The quantitative estimate of drug-likeness (QED) is 0.736. The fraction of sp³-hybridized carbons (Fsp3) is 0.222. The molecule has 0 saturated carbocycles. The molecule has 14 heavy (non-hydrogen) atoms. The van der Waals surface area contributed by atoms with Crippen LogP contribution in [0.1, 0.15) is 15.9 Å². The molecular formula is C9H8ClFO2S. The van der Waals surface area contributed by atoms with E-state index in [4.69, 9.17) is 10.7 Å². The number of aryl methyl sites for hydroxylation is 1. The van der Waals surface area contributed by atoms with E-state index < -0.39 is 11.8 Å². The van der Waals surface area contributed by atoms with Crippen molar-refractivity contribution in [2.45, 2.75) is 11.8 Å². The maximum absolute atomic E-state index is 13.1. The summed E-state index contributed by atoms with van der Waals surface area (Å²) in [6.07, 6.45) is 0. The first-order chi connectivity index (χ1) is 6.60. The Balaban J connectivity index is 3.27. The molecule has 0 fully saturated rings. The third-order valence-corrected chi connectivity index (χ3v) is 2.75.